The molecule has 2 rings (SSSR count). The minimum Gasteiger partial charge on any atom is -0.339 e. The summed E-state index contributed by atoms with van der Waals surface area (Å²) in [6.07, 6.45) is 3.33. The second kappa shape index (κ2) is 5.19. The molecule has 1 aliphatic rings. The lowest BCUT2D eigenvalue weighted by Gasteiger charge is -2.08. The van der Waals surface area contributed by atoms with Crippen LogP contribution in [0.2, 0.25) is 0 Å². The van der Waals surface area contributed by atoms with E-state index in [1.165, 1.54) is 6.42 Å². The summed E-state index contributed by atoms with van der Waals surface area (Å²) in [7, 11) is 0. The van der Waals surface area contributed by atoms with Gasteiger partial charge in [0.15, 0.2) is 5.82 Å². The maximum Gasteiger partial charge on any atom is 0.231 e. The summed E-state index contributed by atoms with van der Waals surface area (Å²) >= 11 is 1.82. The molecular weight excluding hydrogens is 222 g/mol. The van der Waals surface area contributed by atoms with Crippen LogP contribution in [0.25, 0.3) is 0 Å². The molecule has 1 aliphatic carbocycles. The van der Waals surface area contributed by atoms with E-state index in [1.54, 1.807) is 0 Å². The summed E-state index contributed by atoms with van der Waals surface area (Å²) in [5, 5.41) is 4.60. The zero-order valence-electron chi connectivity index (χ0n) is 9.85. The van der Waals surface area contributed by atoms with Crippen molar-refractivity contribution in [1.82, 2.24) is 10.1 Å². The second-order valence-corrected chi connectivity index (χ2v) is 6.17. The largest absolute Gasteiger partial charge is 0.339 e. The third kappa shape index (κ3) is 2.77. The molecule has 0 aliphatic heterocycles. The number of aromatic nitrogens is 2. The first kappa shape index (κ1) is 11.9. The van der Waals surface area contributed by atoms with Crippen LogP contribution in [0.1, 0.15) is 50.7 Å². The van der Waals surface area contributed by atoms with E-state index in [2.05, 4.69) is 24.0 Å². The van der Waals surface area contributed by atoms with Crippen molar-refractivity contribution >= 4 is 11.8 Å². The van der Waals surface area contributed by atoms with Gasteiger partial charge in [-0.2, -0.15) is 16.7 Å². The number of rotatable bonds is 4. The van der Waals surface area contributed by atoms with Gasteiger partial charge >= 0.3 is 0 Å². The highest BCUT2D eigenvalue weighted by Gasteiger charge is 2.30. The predicted molar refractivity (Wildman–Crippen MR) is 65.3 cm³/mol. The van der Waals surface area contributed by atoms with Crippen LogP contribution in [0.15, 0.2) is 4.52 Å². The zero-order chi connectivity index (χ0) is 11.5. The first-order chi connectivity index (χ1) is 7.66. The van der Waals surface area contributed by atoms with E-state index in [-0.39, 0.29) is 12.0 Å². The molecular formula is C11H19N3OS. The van der Waals surface area contributed by atoms with Gasteiger partial charge in [0, 0.05) is 6.04 Å². The Morgan fingerprint density at radius 2 is 2.31 bits per heavy atom. The van der Waals surface area contributed by atoms with E-state index in [1.807, 2.05) is 11.8 Å². The van der Waals surface area contributed by atoms with Gasteiger partial charge in [0.25, 0.3) is 0 Å². The van der Waals surface area contributed by atoms with Gasteiger partial charge in [0.2, 0.25) is 5.89 Å². The summed E-state index contributed by atoms with van der Waals surface area (Å²) in [6, 6.07) is 0.200. The number of hydrogen-bond donors (Lipinski definition) is 1. The van der Waals surface area contributed by atoms with Gasteiger partial charge in [0.05, 0.1) is 11.7 Å². The predicted octanol–water partition coefficient (Wildman–Crippen LogP) is 2.31. The monoisotopic (exact) mass is 241 g/mol. The highest BCUT2D eigenvalue weighted by atomic mass is 32.2. The van der Waals surface area contributed by atoms with Crippen molar-refractivity contribution in [2.24, 2.45) is 5.73 Å². The quantitative estimate of drug-likeness (QED) is 0.876. The average Bonchev–Trinajstić information content (AvgIpc) is 2.83. The highest BCUT2D eigenvalue weighted by molar-refractivity contribution is 7.99. The minimum atomic E-state index is 0.200. The highest BCUT2D eigenvalue weighted by Crippen LogP contribution is 2.32. The zero-order valence-corrected chi connectivity index (χ0v) is 10.7. The molecule has 0 aromatic carbocycles. The van der Waals surface area contributed by atoms with Crippen LogP contribution in [0.4, 0.5) is 0 Å². The summed E-state index contributed by atoms with van der Waals surface area (Å²) in [5.41, 5.74) is 6.01. The van der Waals surface area contributed by atoms with Gasteiger partial charge in [-0.1, -0.05) is 25.4 Å². The Hall–Kier alpha value is -0.550. The molecule has 1 aromatic rings. The van der Waals surface area contributed by atoms with Crippen LogP contribution >= 0.6 is 11.8 Å². The first-order valence-corrected chi connectivity index (χ1v) is 6.91. The number of hydrogen-bond acceptors (Lipinski definition) is 5. The molecule has 1 saturated carbocycles. The van der Waals surface area contributed by atoms with Crippen LogP contribution in [0.3, 0.4) is 0 Å². The van der Waals surface area contributed by atoms with Crippen LogP contribution < -0.4 is 5.73 Å². The molecule has 5 heteroatoms. The fourth-order valence-electron chi connectivity index (χ4n) is 2.01. The van der Waals surface area contributed by atoms with Crippen molar-refractivity contribution in [1.29, 1.82) is 0 Å². The van der Waals surface area contributed by atoms with Crippen LogP contribution in [-0.4, -0.2) is 21.4 Å². The molecule has 90 valence electrons. The molecule has 0 spiro atoms. The normalized spacial score (nSPS) is 25.5. The van der Waals surface area contributed by atoms with E-state index < -0.39 is 0 Å². The molecule has 0 amide bonds. The van der Waals surface area contributed by atoms with Crippen molar-refractivity contribution in [3.05, 3.63) is 11.7 Å². The molecule has 2 N–H and O–H groups in total. The van der Waals surface area contributed by atoms with Crippen LogP contribution in [-0.2, 0) is 5.75 Å². The third-order valence-electron chi connectivity index (χ3n) is 2.92. The van der Waals surface area contributed by atoms with Crippen molar-refractivity contribution in [2.75, 3.05) is 0 Å². The lowest BCUT2D eigenvalue weighted by atomic mass is 10.1. The Labute approximate surface area is 100 Å². The summed E-state index contributed by atoms with van der Waals surface area (Å²) in [6.45, 7) is 4.33. The molecule has 1 aromatic heterocycles. The Morgan fingerprint density at radius 1 is 1.50 bits per heavy atom. The minimum absolute atomic E-state index is 0.200. The van der Waals surface area contributed by atoms with Gasteiger partial charge in [-0.15, -0.1) is 0 Å². The maximum atomic E-state index is 6.01. The maximum absolute atomic E-state index is 6.01. The molecule has 4 nitrogen and oxygen atoms in total. The molecule has 2 atom stereocenters. The van der Waals surface area contributed by atoms with Gasteiger partial charge in [-0.3, -0.25) is 0 Å². The average molecular weight is 241 g/mol. The van der Waals surface area contributed by atoms with Gasteiger partial charge in [-0.25, -0.2) is 0 Å². The van der Waals surface area contributed by atoms with Crippen molar-refractivity contribution in [2.45, 2.75) is 56.1 Å². The van der Waals surface area contributed by atoms with E-state index in [4.69, 9.17) is 10.3 Å². The van der Waals surface area contributed by atoms with Crippen molar-refractivity contribution < 1.29 is 4.52 Å². The fourth-order valence-corrected chi connectivity index (χ4v) is 2.61. The number of thioether (sulfide) groups is 1. The Kier molecular flexibility index (Phi) is 3.86. The second-order valence-electron chi connectivity index (χ2n) is 4.61. The first-order valence-electron chi connectivity index (χ1n) is 5.86. The van der Waals surface area contributed by atoms with E-state index in [0.717, 1.165) is 30.3 Å². The number of nitrogens with two attached hydrogens (primary N) is 1. The van der Waals surface area contributed by atoms with E-state index in [0.29, 0.717) is 5.25 Å². The Morgan fingerprint density at radius 3 is 2.94 bits per heavy atom. The molecule has 2 unspecified atom stereocenters. The van der Waals surface area contributed by atoms with Crippen molar-refractivity contribution in [3.8, 4) is 0 Å². The molecule has 1 fully saturated rings. The third-order valence-corrected chi connectivity index (χ3v) is 4.01. The van der Waals surface area contributed by atoms with Gasteiger partial charge in [0.1, 0.15) is 0 Å². The molecule has 0 radical (unpaired) electrons. The van der Waals surface area contributed by atoms with E-state index >= 15 is 0 Å². The Bertz CT molecular complexity index is 340. The smallest absolute Gasteiger partial charge is 0.231 e. The van der Waals surface area contributed by atoms with Gasteiger partial charge < -0.3 is 10.3 Å². The molecule has 16 heavy (non-hydrogen) atoms. The lowest BCUT2D eigenvalue weighted by molar-refractivity contribution is 0.342. The van der Waals surface area contributed by atoms with Crippen LogP contribution in [0, 0.1) is 0 Å². The standard InChI is InChI=1S/C11H19N3OS/c1-7(2)16-6-10-13-11(15-14-10)8-4-3-5-9(8)12/h7-9H,3-6,12H2,1-2H3. The molecule has 0 bridgehead atoms. The summed E-state index contributed by atoms with van der Waals surface area (Å²) in [4.78, 5) is 4.44. The molecule has 0 saturated heterocycles. The SMILES string of the molecule is CC(C)SCc1noc(C2CCCC2N)n1. The molecule has 1 heterocycles. The van der Waals surface area contributed by atoms with E-state index in [9.17, 15) is 0 Å². The lowest BCUT2D eigenvalue weighted by Crippen LogP contribution is -2.22. The topological polar surface area (TPSA) is 64.9 Å². The van der Waals surface area contributed by atoms with Crippen molar-refractivity contribution in [3.63, 3.8) is 0 Å². The van der Waals surface area contributed by atoms with Crippen LogP contribution in [0.5, 0.6) is 0 Å². The summed E-state index contributed by atoms with van der Waals surface area (Å²) in [5.74, 6) is 2.64. The van der Waals surface area contributed by atoms with Gasteiger partial charge in [-0.05, 0) is 18.1 Å². The summed E-state index contributed by atoms with van der Waals surface area (Å²) < 4.78 is 5.30. The number of nitrogens with zero attached hydrogens (tertiary/aromatic N) is 2. The fraction of sp³-hybridized carbons (Fsp3) is 0.818. The Balaban J connectivity index is 1.96.